The molecule has 0 amide bonds. The molecule has 22 heteroatoms. The van der Waals surface area contributed by atoms with Gasteiger partial charge in [0.25, 0.3) is 0 Å². The number of hydrogen-bond donors (Lipinski definition) is 0. The van der Waals surface area contributed by atoms with Gasteiger partial charge < -0.3 is 34.5 Å². The Balaban J connectivity index is 0.000000132. The summed E-state index contributed by atoms with van der Waals surface area (Å²) in [6.07, 6.45) is 10.8. The monoisotopic (exact) mass is 2710 g/mol. The van der Waals surface area contributed by atoms with Crippen molar-refractivity contribution in [3.05, 3.63) is 405 Å². The van der Waals surface area contributed by atoms with Crippen LogP contribution in [0.15, 0.2) is 334 Å². The summed E-state index contributed by atoms with van der Waals surface area (Å²) in [5.74, 6) is -1.32. The first kappa shape index (κ1) is 91.4. The SMILES string of the molecule is Cc1cc(C)c(B2c3ccc[c-]c3-c3ncccc32)c(C)c1.Fc1c[c-]c2c(c1)sc1cccnc12.Fc1cccc(F)c1B1c2ccc[c-]c2-c2ncccc21.O=P1(c2ccccc2)c2ccc[c-]c2-c2ncccc21.[Pt].[Pt].[Pt].[Pt].[Pt].[Pt].[c-]1cccc2c1-c1ncccc1B2c1ccccc1.[c-]1cccc2c1c1ncccc1p2-c1ccccc1. The maximum atomic E-state index is 14.2. The molecule has 12 heterocycles. The number of benzene rings is 11. The van der Waals surface area contributed by atoms with E-state index in [1.54, 1.807) is 42.1 Å². The van der Waals surface area contributed by atoms with Crippen molar-refractivity contribution in [3.8, 4) is 50.3 Å². The minimum atomic E-state index is -2.80. The Morgan fingerprint density at radius 2 is 0.793 bits per heavy atom. The number of aromatic nitrogens is 6. The Morgan fingerprint density at radius 3 is 1.38 bits per heavy atom. The predicted molar refractivity (Wildman–Crippen MR) is 472 cm³/mol. The molecule has 19 aromatic rings. The first-order chi connectivity index (χ1) is 56.5. The number of thiophene rings is 1. The molecule has 0 N–H and O–H groups in total. The van der Waals surface area contributed by atoms with Crippen LogP contribution in [0.4, 0.5) is 13.2 Å². The molecule has 23 rings (SSSR count). The third kappa shape index (κ3) is 17.8. The Morgan fingerprint density at radius 1 is 0.355 bits per heavy atom. The molecule has 608 valence electrons. The summed E-state index contributed by atoms with van der Waals surface area (Å²) in [6, 6.07) is 116. The maximum Gasteiger partial charge on any atom is 0.189 e. The molecule has 7 nitrogen and oxygen atoms in total. The second kappa shape index (κ2) is 40.7. The van der Waals surface area contributed by atoms with Gasteiger partial charge in [-0.15, -0.1) is 190 Å². The smallest absolute Gasteiger partial charge is 0.189 e. The number of hydrogen-bond acceptors (Lipinski definition) is 8. The van der Waals surface area contributed by atoms with Crippen LogP contribution in [-0.2, 0) is 131 Å². The van der Waals surface area contributed by atoms with Gasteiger partial charge in [-0.05, 0) is 119 Å². The Bertz CT molecular complexity index is 6690. The fourth-order valence-corrected chi connectivity index (χ4v) is 23.2. The second-order valence-corrected chi connectivity index (χ2v) is 34.1. The van der Waals surface area contributed by atoms with E-state index in [1.165, 1.54) is 101 Å². The number of nitrogens with zero attached hydrogens (tertiary/aromatic N) is 6. The van der Waals surface area contributed by atoms with E-state index in [0.717, 1.165) is 97.7 Å². The van der Waals surface area contributed by atoms with Gasteiger partial charge in [0.05, 0.1) is 0 Å². The van der Waals surface area contributed by atoms with E-state index in [2.05, 4.69) is 214 Å². The van der Waals surface area contributed by atoms with Gasteiger partial charge in [-0.2, -0.15) is 11.3 Å². The van der Waals surface area contributed by atoms with E-state index in [9.17, 15) is 17.7 Å². The molecule has 0 bridgehead atoms. The van der Waals surface area contributed by atoms with Crippen LogP contribution in [-0.4, -0.2) is 50.0 Å². The molecular formula is C99H64B3F3N6OP2Pt6S-6. The molecule has 0 radical (unpaired) electrons. The van der Waals surface area contributed by atoms with Gasteiger partial charge in [-0.25, -0.2) is 8.78 Å². The summed E-state index contributed by atoms with van der Waals surface area (Å²) in [4.78, 5) is 26.8. The average molecular weight is 2710 g/mol. The van der Waals surface area contributed by atoms with Crippen molar-refractivity contribution in [2.45, 2.75) is 20.8 Å². The fraction of sp³-hybridized carbons (Fsp3) is 0.0303. The minimum Gasteiger partial charge on any atom is -0.319 e. The zero-order chi connectivity index (χ0) is 78.1. The van der Waals surface area contributed by atoms with Crippen molar-refractivity contribution in [2.75, 3.05) is 0 Å². The van der Waals surface area contributed by atoms with Crippen LogP contribution in [0.1, 0.15) is 16.7 Å². The normalized spacial score (nSPS) is 12.6. The summed E-state index contributed by atoms with van der Waals surface area (Å²) in [6.45, 7) is 6.69. The third-order valence-electron chi connectivity index (χ3n) is 21.3. The van der Waals surface area contributed by atoms with Crippen molar-refractivity contribution in [3.63, 3.8) is 0 Å². The number of aryl methyl sites for hydroxylation is 3. The summed E-state index contributed by atoms with van der Waals surface area (Å²) in [5.41, 5.74) is 23.4. The summed E-state index contributed by atoms with van der Waals surface area (Å²) >= 11 is 1.54. The molecule has 0 saturated heterocycles. The van der Waals surface area contributed by atoms with Gasteiger partial charge >= 0.3 is 0 Å². The van der Waals surface area contributed by atoms with Crippen molar-refractivity contribution in [1.82, 2.24) is 29.9 Å². The van der Waals surface area contributed by atoms with Crippen LogP contribution in [0.25, 0.3) is 91.8 Å². The van der Waals surface area contributed by atoms with Crippen LogP contribution in [0.3, 0.4) is 0 Å². The zero-order valence-electron chi connectivity index (χ0n) is 64.4. The average Bonchev–Trinajstić information content (AvgIpc) is 1.60. The van der Waals surface area contributed by atoms with Crippen LogP contribution in [0.5, 0.6) is 0 Å². The van der Waals surface area contributed by atoms with Crippen molar-refractivity contribution >= 4 is 153 Å². The molecule has 121 heavy (non-hydrogen) atoms. The van der Waals surface area contributed by atoms with E-state index in [0.29, 0.717) is 0 Å². The molecule has 0 aliphatic carbocycles. The van der Waals surface area contributed by atoms with E-state index in [1.807, 2.05) is 146 Å². The third-order valence-corrected chi connectivity index (χ3v) is 28.0. The molecular weight excluding hydrogens is 2640 g/mol. The molecule has 4 aliphatic heterocycles. The van der Waals surface area contributed by atoms with Crippen LogP contribution in [0.2, 0.25) is 0 Å². The topological polar surface area (TPSA) is 94.4 Å². The van der Waals surface area contributed by atoms with E-state index >= 15 is 0 Å². The van der Waals surface area contributed by atoms with Crippen molar-refractivity contribution < 1.29 is 144 Å². The second-order valence-electron chi connectivity index (χ2n) is 28.2. The molecule has 4 aliphatic rings. The molecule has 0 spiro atoms. The van der Waals surface area contributed by atoms with Gasteiger partial charge in [-0.3, -0.25) is 4.39 Å². The van der Waals surface area contributed by atoms with Crippen LogP contribution >= 0.6 is 26.0 Å². The molecule has 2 unspecified atom stereocenters. The van der Waals surface area contributed by atoms with Gasteiger partial charge in [0, 0.05) is 185 Å². The minimum absolute atomic E-state index is 0. The van der Waals surface area contributed by atoms with E-state index in [-0.39, 0.29) is 151 Å². The van der Waals surface area contributed by atoms with E-state index in [4.69, 9.17) is 0 Å². The predicted octanol–water partition coefficient (Wildman–Crippen LogP) is 16.4. The van der Waals surface area contributed by atoms with Gasteiger partial charge in [-0.1, -0.05) is 211 Å². The van der Waals surface area contributed by atoms with Crippen LogP contribution < -0.4 is 65.1 Å². The maximum absolute atomic E-state index is 14.2. The van der Waals surface area contributed by atoms with E-state index < -0.39 is 33.0 Å². The summed E-state index contributed by atoms with van der Waals surface area (Å²) < 4.78 is 57.1. The Hall–Kier alpha value is -8.82. The first-order valence-corrected chi connectivity index (χ1v) is 41.6. The Labute approximate surface area is 794 Å². The molecule has 0 fully saturated rings. The number of halogens is 3. The quantitative estimate of drug-likeness (QED) is 0.0962. The number of fused-ring (bicyclic) bond motifs is 18. The first-order valence-electron chi connectivity index (χ1n) is 37.7. The zero-order valence-corrected chi connectivity index (χ0v) is 80.7. The standard InChI is InChI=1S/C20H17BN.C17H9BF2N.C17H11BN.C17H11NOP.C17H11NP.C11H5FNS.6Pt/c1-13-11-14(2)19(15(3)12-13)21-17-8-5-4-7-16(17)20-18(21)9-6-10-22-20;19-14-8-3-9-15(20)16(14)18-12-6-2-1-5-11(12)17-13(18)7-4-10-21-17;1-2-7-13(8-3-1)18-15-10-5-4-9-14(15)17-16(18)11-6-12-19-17;19-20(13-7-2-1-3-8-13)15-10-5-4-9-14(15)17-16(20)11-6-12-18-17;1-2-7-13(8-3-1)19-15-10-5-4-9-14(15)17-16(19)11-6-12-18-17;12-7-3-4-8-10(6-7)14-9-2-1-5-13-11(8)9;;;;;;/h4-6,8-12H,1-3H3;1-4,6-10H;1-8,10-12H;1-8,10-12H;1-8,10-12H;1-3,5-6H;;;;;;/q6*-1;;;;;;. The van der Waals surface area contributed by atoms with Crippen molar-refractivity contribution in [1.29, 1.82) is 0 Å². The largest absolute Gasteiger partial charge is 0.319 e. The van der Waals surface area contributed by atoms with Gasteiger partial charge in [0.15, 0.2) is 20.1 Å². The molecule has 8 aromatic heterocycles. The van der Waals surface area contributed by atoms with Crippen molar-refractivity contribution in [2.24, 2.45) is 0 Å². The van der Waals surface area contributed by atoms with Gasteiger partial charge in [0.2, 0.25) is 0 Å². The Kier molecular flexibility index (Phi) is 30.7. The van der Waals surface area contributed by atoms with Gasteiger partial charge in [0.1, 0.15) is 18.8 Å². The molecule has 0 saturated carbocycles. The number of rotatable bonds is 5. The van der Waals surface area contributed by atoms with Crippen LogP contribution in [0, 0.1) is 74.6 Å². The summed E-state index contributed by atoms with van der Waals surface area (Å²) in [5, 5.41) is 8.71. The number of pyridine rings is 6. The molecule has 2 atom stereocenters. The fourth-order valence-electron chi connectivity index (χ4n) is 16.7. The summed E-state index contributed by atoms with van der Waals surface area (Å²) in [7, 11) is -3.26. The molecule has 11 aromatic carbocycles.